The van der Waals surface area contributed by atoms with E-state index in [2.05, 4.69) is 4.98 Å². The monoisotopic (exact) mass is 377 g/mol. The van der Waals surface area contributed by atoms with Gasteiger partial charge in [0.15, 0.2) is 0 Å². The maximum atomic E-state index is 13.0. The number of rotatable bonds is 5. The fourth-order valence-electron chi connectivity index (χ4n) is 3.33. The summed E-state index contributed by atoms with van der Waals surface area (Å²) in [6, 6.07) is 12.6. The lowest BCUT2D eigenvalue weighted by molar-refractivity contribution is 0.274. The van der Waals surface area contributed by atoms with E-state index < -0.39 is 0 Å². The van der Waals surface area contributed by atoms with Crippen molar-refractivity contribution in [3.8, 4) is 5.75 Å². The Morgan fingerprint density at radius 3 is 2.29 bits per heavy atom. The number of para-hydroxylation sites is 1. The first-order chi connectivity index (χ1) is 13.6. The second kappa shape index (κ2) is 7.28. The van der Waals surface area contributed by atoms with Crippen LogP contribution in [0.2, 0.25) is 0 Å². The highest BCUT2D eigenvalue weighted by Gasteiger charge is 2.11. The molecule has 0 amide bonds. The third-order valence-corrected chi connectivity index (χ3v) is 4.76. The van der Waals surface area contributed by atoms with Crippen LogP contribution in [0.3, 0.4) is 0 Å². The molecule has 4 aromatic rings. The van der Waals surface area contributed by atoms with Gasteiger partial charge < -0.3 is 19.0 Å². The van der Waals surface area contributed by atoms with Crippen molar-refractivity contribution in [2.75, 3.05) is 13.7 Å². The predicted molar refractivity (Wildman–Crippen MR) is 107 cm³/mol. The van der Waals surface area contributed by atoms with E-state index in [4.69, 9.17) is 9.84 Å². The standard InChI is InChI=1S/C21H19N3O4/c1-28-19-5-3-2-4-14(19)13-24-9-7-18-16(21(24)27)12-15-17(22-18)6-8-23(10-11-25)20(15)26/h2-9,12,25H,10-11,13H2,1H3. The van der Waals surface area contributed by atoms with Gasteiger partial charge in [0.05, 0.1) is 42.1 Å². The molecule has 1 aromatic carbocycles. The van der Waals surface area contributed by atoms with E-state index in [0.29, 0.717) is 34.1 Å². The van der Waals surface area contributed by atoms with Gasteiger partial charge in [-0.2, -0.15) is 0 Å². The maximum absolute atomic E-state index is 13.0. The van der Waals surface area contributed by atoms with Gasteiger partial charge in [-0.05, 0) is 24.3 Å². The number of methoxy groups -OCH3 is 1. The molecule has 0 unspecified atom stereocenters. The van der Waals surface area contributed by atoms with Crippen molar-refractivity contribution in [1.29, 1.82) is 0 Å². The number of pyridine rings is 3. The Hall–Kier alpha value is -3.45. The Labute approximate surface area is 160 Å². The molecule has 0 saturated carbocycles. The first-order valence-electron chi connectivity index (χ1n) is 8.88. The molecule has 0 atom stereocenters. The molecule has 7 heteroatoms. The summed E-state index contributed by atoms with van der Waals surface area (Å²) in [6.45, 7) is 0.401. The number of aliphatic hydroxyl groups excluding tert-OH is 1. The quantitative estimate of drug-likeness (QED) is 0.536. The molecule has 3 aromatic heterocycles. The minimum atomic E-state index is -0.277. The average molecular weight is 377 g/mol. The molecule has 28 heavy (non-hydrogen) atoms. The zero-order valence-corrected chi connectivity index (χ0v) is 15.3. The zero-order chi connectivity index (χ0) is 19.7. The van der Waals surface area contributed by atoms with Crippen LogP contribution in [0.5, 0.6) is 5.75 Å². The second-order valence-electron chi connectivity index (χ2n) is 6.45. The first-order valence-corrected chi connectivity index (χ1v) is 8.88. The van der Waals surface area contributed by atoms with Gasteiger partial charge in [0.1, 0.15) is 5.75 Å². The van der Waals surface area contributed by atoms with Crippen molar-refractivity contribution in [3.05, 3.63) is 81.1 Å². The number of hydrogen-bond acceptors (Lipinski definition) is 5. The van der Waals surface area contributed by atoms with Crippen LogP contribution in [-0.2, 0) is 13.1 Å². The van der Waals surface area contributed by atoms with Gasteiger partial charge >= 0.3 is 0 Å². The molecular weight excluding hydrogens is 358 g/mol. The minimum Gasteiger partial charge on any atom is -0.496 e. The fourth-order valence-corrected chi connectivity index (χ4v) is 3.33. The van der Waals surface area contributed by atoms with E-state index in [1.165, 1.54) is 4.57 Å². The summed E-state index contributed by atoms with van der Waals surface area (Å²) in [6.07, 6.45) is 3.30. The van der Waals surface area contributed by atoms with Crippen molar-refractivity contribution in [1.82, 2.24) is 14.1 Å². The Balaban J connectivity index is 1.88. The number of hydrogen-bond donors (Lipinski definition) is 1. The number of benzene rings is 1. The molecular formula is C21H19N3O4. The molecule has 0 aliphatic heterocycles. The molecule has 0 bridgehead atoms. The Morgan fingerprint density at radius 1 is 0.964 bits per heavy atom. The smallest absolute Gasteiger partial charge is 0.260 e. The number of ether oxygens (including phenoxy) is 1. The molecule has 0 radical (unpaired) electrons. The molecule has 0 aliphatic rings. The summed E-state index contributed by atoms with van der Waals surface area (Å²) in [4.78, 5) is 30.1. The summed E-state index contributed by atoms with van der Waals surface area (Å²) < 4.78 is 8.34. The lowest BCUT2D eigenvalue weighted by Crippen LogP contribution is -2.23. The number of nitrogens with zero attached hydrogens (tertiary/aromatic N) is 3. The molecule has 0 aliphatic carbocycles. The molecule has 0 saturated heterocycles. The number of aliphatic hydroxyl groups is 1. The highest BCUT2D eigenvalue weighted by Crippen LogP contribution is 2.19. The SMILES string of the molecule is COc1ccccc1Cn1ccc2nc3ccn(CCO)c(=O)c3cc2c1=O. The van der Waals surface area contributed by atoms with Crippen LogP contribution in [0.25, 0.3) is 21.8 Å². The largest absolute Gasteiger partial charge is 0.496 e. The summed E-state index contributed by atoms with van der Waals surface area (Å²) in [5, 5.41) is 9.85. The van der Waals surface area contributed by atoms with Gasteiger partial charge in [-0.25, -0.2) is 4.98 Å². The van der Waals surface area contributed by atoms with Gasteiger partial charge in [-0.3, -0.25) is 9.59 Å². The highest BCUT2D eigenvalue weighted by molar-refractivity contribution is 5.91. The maximum Gasteiger partial charge on any atom is 0.260 e. The van der Waals surface area contributed by atoms with Gasteiger partial charge in [0.25, 0.3) is 11.1 Å². The van der Waals surface area contributed by atoms with Crippen LogP contribution in [0.1, 0.15) is 5.56 Å². The molecule has 3 heterocycles. The third-order valence-electron chi connectivity index (χ3n) is 4.76. The molecule has 1 N–H and O–H groups in total. The van der Waals surface area contributed by atoms with Gasteiger partial charge in [0, 0.05) is 24.5 Å². The average Bonchev–Trinajstić information content (AvgIpc) is 2.72. The van der Waals surface area contributed by atoms with E-state index in [1.54, 1.807) is 42.3 Å². The van der Waals surface area contributed by atoms with E-state index in [0.717, 1.165) is 5.56 Å². The van der Waals surface area contributed by atoms with Crippen LogP contribution >= 0.6 is 0 Å². The van der Waals surface area contributed by atoms with E-state index in [9.17, 15) is 9.59 Å². The van der Waals surface area contributed by atoms with Crippen LogP contribution in [0, 0.1) is 0 Å². The first kappa shape index (κ1) is 17.9. The van der Waals surface area contributed by atoms with E-state index >= 15 is 0 Å². The van der Waals surface area contributed by atoms with Crippen LogP contribution in [0.15, 0.2) is 64.4 Å². The summed E-state index contributed by atoms with van der Waals surface area (Å²) in [5.74, 6) is 0.707. The molecule has 142 valence electrons. The Bertz CT molecular complexity index is 1290. The van der Waals surface area contributed by atoms with Crippen molar-refractivity contribution < 1.29 is 9.84 Å². The van der Waals surface area contributed by atoms with Crippen LogP contribution in [0.4, 0.5) is 0 Å². The number of fused-ring (bicyclic) bond motifs is 2. The number of aromatic nitrogens is 3. The molecule has 0 fully saturated rings. The second-order valence-corrected chi connectivity index (χ2v) is 6.45. The van der Waals surface area contributed by atoms with Crippen molar-refractivity contribution in [2.24, 2.45) is 0 Å². The summed E-state index contributed by atoms with van der Waals surface area (Å²) in [5.41, 5.74) is 1.43. The lowest BCUT2D eigenvalue weighted by Gasteiger charge is -2.11. The molecule has 7 nitrogen and oxygen atoms in total. The lowest BCUT2D eigenvalue weighted by atomic mass is 10.1. The Kier molecular flexibility index (Phi) is 4.67. The van der Waals surface area contributed by atoms with Gasteiger partial charge in [-0.15, -0.1) is 0 Å². The predicted octanol–water partition coefficient (Wildman–Crippen LogP) is 1.76. The zero-order valence-electron chi connectivity index (χ0n) is 15.3. The molecule has 4 rings (SSSR count). The van der Waals surface area contributed by atoms with E-state index in [1.807, 2.05) is 24.3 Å². The normalized spacial score (nSPS) is 11.2. The highest BCUT2D eigenvalue weighted by atomic mass is 16.5. The van der Waals surface area contributed by atoms with Crippen LogP contribution < -0.4 is 15.9 Å². The minimum absolute atomic E-state index is 0.141. The van der Waals surface area contributed by atoms with Gasteiger partial charge in [0.2, 0.25) is 0 Å². The van der Waals surface area contributed by atoms with Crippen molar-refractivity contribution in [3.63, 3.8) is 0 Å². The fraction of sp³-hybridized carbons (Fsp3) is 0.190. The Morgan fingerprint density at radius 2 is 1.61 bits per heavy atom. The van der Waals surface area contributed by atoms with E-state index in [-0.39, 0.29) is 24.3 Å². The van der Waals surface area contributed by atoms with Crippen molar-refractivity contribution >= 4 is 21.8 Å². The summed E-state index contributed by atoms with van der Waals surface area (Å²) >= 11 is 0. The summed E-state index contributed by atoms with van der Waals surface area (Å²) in [7, 11) is 1.59. The van der Waals surface area contributed by atoms with Crippen molar-refractivity contribution in [2.45, 2.75) is 13.1 Å². The van der Waals surface area contributed by atoms with Crippen LogP contribution in [-0.4, -0.2) is 32.9 Å². The topological polar surface area (TPSA) is 86.3 Å². The van der Waals surface area contributed by atoms with Gasteiger partial charge in [-0.1, -0.05) is 18.2 Å². The molecule has 0 spiro atoms. The third kappa shape index (κ3) is 3.05.